The van der Waals surface area contributed by atoms with E-state index < -0.39 is 48.5 Å². The van der Waals surface area contributed by atoms with E-state index in [4.69, 9.17) is 19.6 Å². The maximum absolute atomic E-state index is 14.6. The predicted octanol–water partition coefficient (Wildman–Crippen LogP) is 2.79. The predicted molar refractivity (Wildman–Crippen MR) is 128 cm³/mol. The first-order valence-electron chi connectivity index (χ1n) is 11.4. The molecule has 1 aromatic carbocycles. The van der Waals surface area contributed by atoms with Crippen LogP contribution in [0.15, 0.2) is 52.1 Å². The summed E-state index contributed by atoms with van der Waals surface area (Å²) in [6.45, 7) is 1.39. The van der Waals surface area contributed by atoms with Gasteiger partial charge >= 0.3 is 11.9 Å². The fourth-order valence-electron chi connectivity index (χ4n) is 4.40. The topological polar surface area (TPSA) is 113 Å². The Kier molecular flexibility index (Phi) is 7.67. The highest BCUT2D eigenvalue weighted by Crippen LogP contribution is 2.40. The standard InChI is InChI=1S/C24H25F3N4O5S/c1-3-35-22(34)19-16(10-31-11-17(24(26,27)13-31)36-12-18(32)33)29-20(21-28-8-9-37-21)30-23(19,2)14-4-6-15(25)7-5-14/h4-9,17H,3,10-13H2,1-2H3,(H,29,30)(H,32,33)/t17?,23-/m1/s1. The van der Waals surface area contributed by atoms with Crippen molar-refractivity contribution in [3.8, 4) is 0 Å². The average molecular weight is 539 g/mol. The molecule has 198 valence electrons. The molecule has 0 amide bonds. The summed E-state index contributed by atoms with van der Waals surface area (Å²) in [7, 11) is 0. The Balaban J connectivity index is 1.76. The summed E-state index contributed by atoms with van der Waals surface area (Å²) < 4.78 is 53.3. The number of aliphatic imine (C=N–C) groups is 1. The molecule has 0 saturated carbocycles. The molecule has 13 heteroatoms. The van der Waals surface area contributed by atoms with Gasteiger partial charge in [0, 0.05) is 30.4 Å². The van der Waals surface area contributed by atoms with Crippen LogP contribution < -0.4 is 5.32 Å². The van der Waals surface area contributed by atoms with Crippen LogP contribution in [0.5, 0.6) is 0 Å². The van der Waals surface area contributed by atoms with E-state index >= 15 is 0 Å². The number of thiazole rings is 1. The molecule has 0 spiro atoms. The SMILES string of the molecule is CCOC(=O)C1=C(CN2CC(OCC(=O)O)C(F)(F)C2)NC(c2nccs2)=N[C@]1(C)c1ccc(F)cc1. The number of likely N-dealkylation sites (tertiary alicyclic amines) is 1. The summed E-state index contributed by atoms with van der Waals surface area (Å²) >= 11 is 1.29. The van der Waals surface area contributed by atoms with Gasteiger partial charge in [-0.25, -0.2) is 32.7 Å². The zero-order chi connectivity index (χ0) is 26.8. The number of benzene rings is 1. The molecule has 2 atom stereocenters. The minimum Gasteiger partial charge on any atom is -0.480 e. The number of amidine groups is 1. The van der Waals surface area contributed by atoms with Crippen molar-refractivity contribution in [2.24, 2.45) is 4.99 Å². The first-order chi connectivity index (χ1) is 17.5. The molecular formula is C24H25F3N4O5S. The largest absolute Gasteiger partial charge is 0.480 e. The normalized spacial score (nSPS) is 23.5. The van der Waals surface area contributed by atoms with E-state index in [1.165, 1.54) is 40.5 Å². The lowest BCUT2D eigenvalue weighted by Crippen LogP contribution is -2.45. The molecule has 9 nitrogen and oxygen atoms in total. The number of halogens is 3. The van der Waals surface area contributed by atoms with Crippen molar-refractivity contribution in [1.82, 2.24) is 15.2 Å². The van der Waals surface area contributed by atoms with Gasteiger partial charge in [-0.3, -0.25) is 4.90 Å². The number of carboxylic acids is 1. The number of aromatic nitrogens is 1. The smallest absolute Gasteiger partial charge is 0.338 e. The molecule has 2 N–H and O–H groups in total. The number of rotatable bonds is 9. The summed E-state index contributed by atoms with van der Waals surface area (Å²) in [5.41, 5.74) is -0.526. The Morgan fingerprint density at radius 1 is 1.30 bits per heavy atom. The molecule has 0 radical (unpaired) electrons. The van der Waals surface area contributed by atoms with Crippen molar-refractivity contribution in [2.45, 2.75) is 31.4 Å². The van der Waals surface area contributed by atoms with E-state index in [1.54, 1.807) is 25.4 Å². The molecule has 2 aliphatic heterocycles. The van der Waals surface area contributed by atoms with Gasteiger partial charge in [-0.2, -0.15) is 0 Å². The minimum atomic E-state index is -3.30. The highest BCUT2D eigenvalue weighted by molar-refractivity contribution is 7.11. The van der Waals surface area contributed by atoms with Crippen molar-refractivity contribution < 1.29 is 37.3 Å². The van der Waals surface area contributed by atoms with E-state index in [-0.39, 0.29) is 31.0 Å². The molecule has 0 bridgehead atoms. The van der Waals surface area contributed by atoms with Crippen molar-refractivity contribution in [3.05, 3.63) is 63.5 Å². The van der Waals surface area contributed by atoms with Gasteiger partial charge in [-0.05, 0) is 31.5 Å². The lowest BCUT2D eigenvalue weighted by Gasteiger charge is -2.36. The number of nitrogens with zero attached hydrogens (tertiary/aromatic N) is 3. The first kappa shape index (κ1) is 26.8. The number of aliphatic carboxylic acids is 1. The Morgan fingerprint density at radius 3 is 2.65 bits per heavy atom. The van der Waals surface area contributed by atoms with Crippen LogP contribution in [0.3, 0.4) is 0 Å². The van der Waals surface area contributed by atoms with Crippen LogP contribution in [0, 0.1) is 5.82 Å². The molecule has 3 heterocycles. The molecule has 1 fully saturated rings. The molecule has 1 unspecified atom stereocenters. The van der Waals surface area contributed by atoms with Crippen molar-refractivity contribution in [1.29, 1.82) is 0 Å². The highest BCUT2D eigenvalue weighted by Gasteiger charge is 2.50. The number of carbonyl (C=O) groups excluding carboxylic acids is 1. The van der Waals surface area contributed by atoms with E-state index in [9.17, 15) is 22.8 Å². The van der Waals surface area contributed by atoms with E-state index in [1.807, 2.05) is 0 Å². The molecule has 0 aliphatic carbocycles. The van der Waals surface area contributed by atoms with Gasteiger partial charge in [-0.1, -0.05) is 12.1 Å². The maximum Gasteiger partial charge on any atom is 0.338 e. The second-order valence-electron chi connectivity index (χ2n) is 8.70. The van der Waals surface area contributed by atoms with Crippen LogP contribution in [0.25, 0.3) is 0 Å². The van der Waals surface area contributed by atoms with Gasteiger partial charge in [-0.15, -0.1) is 11.3 Å². The third-order valence-corrected chi connectivity index (χ3v) is 6.81. The molecule has 2 aliphatic rings. The van der Waals surface area contributed by atoms with E-state index in [2.05, 4.69) is 10.3 Å². The Labute approximate surface area is 214 Å². The second kappa shape index (κ2) is 10.6. The van der Waals surface area contributed by atoms with Gasteiger partial charge in [0.2, 0.25) is 0 Å². The van der Waals surface area contributed by atoms with Crippen LogP contribution in [0.1, 0.15) is 24.4 Å². The summed E-state index contributed by atoms with van der Waals surface area (Å²) in [5, 5.41) is 14.2. The van der Waals surface area contributed by atoms with Crippen molar-refractivity contribution in [3.63, 3.8) is 0 Å². The van der Waals surface area contributed by atoms with Gasteiger partial charge in [0.1, 0.15) is 24.1 Å². The lowest BCUT2D eigenvalue weighted by atomic mass is 9.82. The van der Waals surface area contributed by atoms with Crippen LogP contribution >= 0.6 is 11.3 Å². The number of ether oxygens (including phenoxy) is 2. The zero-order valence-corrected chi connectivity index (χ0v) is 20.9. The number of esters is 1. The third kappa shape index (κ3) is 5.68. The number of alkyl halides is 2. The van der Waals surface area contributed by atoms with Crippen LogP contribution in [-0.4, -0.2) is 77.6 Å². The maximum atomic E-state index is 14.6. The van der Waals surface area contributed by atoms with E-state index in [0.29, 0.717) is 16.4 Å². The lowest BCUT2D eigenvalue weighted by molar-refractivity contribution is -0.152. The van der Waals surface area contributed by atoms with Gasteiger partial charge in [0.05, 0.1) is 18.7 Å². The molecule has 1 saturated heterocycles. The molecular weight excluding hydrogens is 513 g/mol. The number of carbonyl (C=O) groups is 2. The fourth-order valence-corrected chi connectivity index (χ4v) is 4.98. The summed E-state index contributed by atoms with van der Waals surface area (Å²) in [4.78, 5) is 34.5. The molecule has 2 aromatic rings. The number of nitrogens with one attached hydrogen (secondary N) is 1. The Morgan fingerprint density at radius 2 is 2.03 bits per heavy atom. The third-order valence-electron chi connectivity index (χ3n) is 6.03. The summed E-state index contributed by atoms with van der Waals surface area (Å²) in [6, 6.07) is 5.49. The molecule has 37 heavy (non-hydrogen) atoms. The summed E-state index contributed by atoms with van der Waals surface area (Å²) in [5.74, 6) is -5.52. The van der Waals surface area contributed by atoms with Crippen LogP contribution in [0.4, 0.5) is 13.2 Å². The van der Waals surface area contributed by atoms with Gasteiger partial charge in [0.25, 0.3) is 5.92 Å². The quantitative estimate of drug-likeness (QED) is 0.469. The van der Waals surface area contributed by atoms with Crippen molar-refractivity contribution >= 4 is 29.1 Å². The van der Waals surface area contributed by atoms with Gasteiger partial charge in [0.15, 0.2) is 10.8 Å². The van der Waals surface area contributed by atoms with Crippen LogP contribution in [0.2, 0.25) is 0 Å². The second-order valence-corrected chi connectivity index (χ2v) is 9.59. The van der Waals surface area contributed by atoms with Gasteiger partial charge < -0.3 is 19.9 Å². The molecule has 4 rings (SSSR count). The average Bonchev–Trinajstić information content (AvgIpc) is 3.45. The zero-order valence-electron chi connectivity index (χ0n) is 20.0. The number of hydrogen-bond donors (Lipinski definition) is 2. The molecule has 1 aromatic heterocycles. The first-order valence-corrected chi connectivity index (χ1v) is 12.3. The van der Waals surface area contributed by atoms with Crippen LogP contribution in [-0.2, 0) is 24.6 Å². The number of carboxylic acid groups (broad SMARTS) is 1. The Hall–Kier alpha value is -3.29. The fraction of sp³-hybridized carbons (Fsp3) is 0.417. The minimum absolute atomic E-state index is 0.0606. The summed E-state index contributed by atoms with van der Waals surface area (Å²) in [6.07, 6.45) is -0.0517. The Bertz CT molecular complexity index is 1220. The number of hydrogen-bond acceptors (Lipinski definition) is 9. The highest BCUT2D eigenvalue weighted by atomic mass is 32.1. The van der Waals surface area contributed by atoms with Crippen molar-refractivity contribution in [2.75, 3.05) is 32.8 Å². The monoisotopic (exact) mass is 538 g/mol. The van der Waals surface area contributed by atoms with E-state index in [0.717, 1.165) is 0 Å².